The van der Waals surface area contributed by atoms with Crippen molar-refractivity contribution in [3.8, 4) is 0 Å². The monoisotopic (exact) mass is 360 g/mol. The second-order valence-corrected chi connectivity index (χ2v) is 6.80. The molecule has 142 valence electrons. The number of hydrogen-bond acceptors (Lipinski definition) is 4. The van der Waals surface area contributed by atoms with Gasteiger partial charge in [0.1, 0.15) is 12.8 Å². The average Bonchev–Trinajstić information content (AvgIpc) is 2.53. The van der Waals surface area contributed by atoms with Crippen LogP contribution in [0.1, 0.15) is 60.7 Å². The quantitative estimate of drug-likeness (QED) is 0.824. The highest BCUT2D eigenvalue weighted by Gasteiger charge is 2.26. The van der Waals surface area contributed by atoms with E-state index in [0.717, 1.165) is 16.7 Å². The van der Waals surface area contributed by atoms with Crippen LogP contribution in [0, 0.1) is 13.8 Å². The van der Waals surface area contributed by atoms with E-state index in [1.54, 1.807) is 7.11 Å². The lowest BCUT2D eigenvalue weighted by Gasteiger charge is -2.25. The van der Waals surface area contributed by atoms with Crippen LogP contribution in [0.5, 0.6) is 0 Å². The first-order valence-electron chi connectivity index (χ1n) is 8.85. The summed E-state index contributed by atoms with van der Waals surface area (Å²) in [6.45, 7) is 10.3. The van der Waals surface area contributed by atoms with Gasteiger partial charge in [-0.25, -0.2) is 4.79 Å². The van der Waals surface area contributed by atoms with Crippen molar-refractivity contribution in [3.63, 3.8) is 0 Å². The summed E-state index contributed by atoms with van der Waals surface area (Å²) in [5.74, 6) is -0.0780. The molecule has 0 saturated heterocycles. The number of rotatable bonds is 7. The van der Waals surface area contributed by atoms with E-state index in [2.05, 4.69) is 11.1 Å². The van der Waals surface area contributed by atoms with Crippen LogP contribution in [0.2, 0.25) is 0 Å². The van der Waals surface area contributed by atoms with Crippen molar-refractivity contribution >= 4 is 0 Å². The molecule has 2 rings (SSSR count). The number of methoxy groups -OCH3 is 1. The van der Waals surface area contributed by atoms with E-state index in [0.29, 0.717) is 17.9 Å². The van der Waals surface area contributed by atoms with E-state index in [4.69, 9.17) is 9.47 Å². The lowest BCUT2D eigenvalue weighted by molar-refractivity contribution is 0.0680. The van der Waals surface area contributed by atoms with Gasteiger partial charge in [0.2, 0.25) is 0 Å². The van der Waals surface area contributed by atoms with Gasteiger partial charge in [-0.15, -0.1) is 0 Å². The zero-order valence-corrected chi connectivity index (χ0v) is 16.4. The molecule has 0 bridgehead atoms. The SMILES string of the molecule is CCOCn1c(C(OC)c2cc(C)cc(C)c2)c(C(C)C)c(=O)[nH]c1=O. The number of H-pyrrole nitrogens is 1. The fourth-order valence-electron chi connectivity index (χ4n) is 3.32. The Balaban J connectivity index is 2.81. The molecule has 0 aliphatic heterocycles. The van der Waals surface area contributed by atoms with Crippen LogP contribution < -0.4 is 11.2 Å². The van der Waals surface area contributed by atoms with Crippen molar-refractivity contribution in [1.82, 2.24) is 9.55 Å². The summed E-state index contributed by atoms with van der Waals surface area (Å²) >= 11 is 0. The number of ether oxygens (including phenoxy) is 2. The molecule has 6 heteroatoms. The van der Waals surface area contributed by atoms with Gasteiger partial charge in [0, 0.05) is 19.3 Å². The smallest absolute Gasteiger partial charge is 0.330 e. The van der Waals surface area contributed by atoms with Gasteiger partial charge in [0.15, 0.2) is 0 Å². The van der Waals surface area contributed by atoms with Gasteiger partial charge in [-0.2, -0.15) is 0 Å². The topological polar surface area (TPSA) is 73.3 Å². The first kappa shape index (κ1) is 20.1. The Bertz CT molecular complexity index is 860. The lowest BCUT2D eigenvalue weighted by Crippen LogP contribution is -2.38. The predicted octanol–water partition coefficient (Wildman–Crippen LogP) is 3.01. The molecule has 0 amide bonds. The Hall–Kier alpha value is -2.18. The maximum atomic E-state index is 12.5. The van der Waals surface area contributed by atoms with E-state index in [1.165, 1.54) is 4.57 Å². The van der Waals surface area contributed by atoms with E-state index in [1.807, 2.05) is 46.8 Å². The molecule has 1 aromatic heterocycles. The summed E-state index contributed by atoms with van der Waals surface area (Å²) in [4.78, 5) is 27.5. The van der Waals surface area contributed by atoms with Crippen molar-refractivity contribution in [1.29, 1.82) is 0 Å². The highest BCUT2D eigenvalue weighted by atomic mass is 16.5. The van der Waals surface area contributed by atoms with Crippen molar-refractivity contribution in [2.45, 2.75) is 53.4 Å². The average molecular weight is 360 g/mol. The third-order valence-electron chi connectivity index (χ3n) is 4.31. The molecule has 1 aromatic carbocycles. The molecule has 26 heavy (non-hydrogen) atoms. The first-order valence-corrected chi connectivity index (χ1v) is 8.85. The molecule has 0 saturated carbocycles. The highest BCUT2D eigenvalue weighted by Crippen LogP contribution is 2.30. The number of benzene rings is 1. The summed E-state index contributed by atoms with van der Waals surface area (Å²) in [7, 11) is 1.59. The molecule has 1 heterocycles. The van der Waals surface area contributed by atoms with Gasteiger partial charge in [0.05, 0.1) is 5.69 Å². The van der Waals surface area contributed by atoms with Crippen LogP contribution in [0.25, 0.3) is 0 Å². The fraction of sp³-hybridized carbons (Fsp3) is 0.500. The Morgan fingerprint density at radius 3 is 2.23 bits per heavy atom. The van der Waals surface area contributed by atoms with E-state index in [9.17, 15) is 9.59 Å². The third kappa shape index (κ3) is 4.14. The Morgan fingerprint density at radius 2 is 1.73 bits per heavy atom. The second-order valence-electron chi connectivity index (χ2n) is 6.80. The molecule has 0 aliphatic rings. The molecule has 0 radical (unpaired) electrons. The van der Waals surface area contributed by atoms with Crippen LogP contribution >= 0.6 is 0 Å². The molecule has 6 nitrogen and oxygen atoms in total. The number of aromatic nitrogens is 2. The van der Waals surface area contributed by atoms with Crippen LogP contribution in [0.15, 0.2) is 27.8 Å². The summed E-state index contributed by atoms with van der Waals surface area (Å²) < 4.78 is 12.7. The van der Waals surface area contributed by atoms with E-state index in [-0.39, 0.29) is 18.2 Å². The highest BCUT2D eigenvalue weighted by molar-refractivity contribution is 5.37. The first-order chi connectivity index (χ1) is 12.3. The Labute approximate surface area is 153 Å². The zero-order chi connectivity index (χ0) is 19.4. The fourth-order valence-corrected chi connectivity index (χ4v) is 3.32. The van der Waals surface area contributed by atoms with Gasteiger partial charge in [-0.3, -0.25) is 14.3 Å². The van der Waals surface area contributed by atoms with E-state index >= 15 is 0 Å². The molecule has 1 atom stereocenters. The number of aryl methyl sites for hydroxylation is 2. The van der Waals surface area contributed by atoms with Gasteiger partial charge in [-0.05, 0) is 32.3 Å². The summed E-state index contributed by atoms with van der Waals surface area (Å²) in [6, 6.07) is 6.11. The molecular weight excluding hydrogens is 332 g/mol. The maximum absolute atomic E-state index is 12.5. The molecule has 0 fully saturated rings. The summed E-state index contributed by atoms with van der Waals surface area (Å²) in [5, 5.41) is 0. The number of nitrogens with zero attached hydrogens (tertiary/aromatic N) is 1. The van der Waals surface area contributed by atoms with E-state index < -0.39 is 11.8 Å². The van der Waals surface area contributed by atoms with Gasteiger partial charge in [-0.1, -0.05) is 43.2 Å². The van der Waals surface area contributed by atoms with Crippen molar-refractivity contribution in [2.24, 2.45) is 0 Å². The number of nitrogens with one attached hydrogen (secondary N) is 1. The number of aromatic amines is 1. The molecule has 2 aromatic rings. The molecule has 1 unspecified atom stereocenters. The van der Waals surface area contributed by atoms with Crippen molar-refractivity contribution in [2.75, 3.05) is 13.7 Å². The minimum absolute atomic E-state index is 0.0613. The van der Waals surface area contributed by atoms with Crippen molar-refractivity contribution < 1.29 is 9.47 Å². The standard InChI is InChI=1S/C20H28N2O4/c1-7-26-11-22-17(16(12(2)3)19(23)21-20(22)24)18(25-6)15-9-13(4)8-14(5)10-15/h8-10,12,18H,7,11H2,1-6H3,(H,21,23,24). The molecule has 0 spiro atoms. The largest absolute Gasteiger partial charge is 0.370 e. The maximum Gasteiger partial charge on any atom is 0.330 e. The Morgan fingerprint density at radius 1 is 1.12 bits per heavy atom. The van der Waals surface area contributed by atoms with Crippen LogP contribution in [0.3, 0.4) is 0 Å². The minimum Gasteiger partial charge on any atom is -0.370 e. The van der Waals surface area contributed by atoms with Gasteiger partial charge < -0.3 is 9.47 Å². The third-order valence-corrected chi connectivity index (χ3v) is 4.31. The zero-order valence-electron chi connectivity index (χ0n) is 16.4. The van der Waals surface area contributed by atoms with Gasteiger partial charge in [0.25, 0.3) is 5.56 Å². The van der Waals surface area contributed by atoms with Crippen LogP contribution in [0.4, 0.5) is 0 Å². The Kier molecular flexibility index (Phi) is 6.56. The van der Waals surface area contributed by atoms with Crippen LogP contribution in [-0.2, 0) is 16.2 Å². The second kappa shape index (κ2) is 8.47. The molecule has 0 aliphatic carbocycles. The predicted molar refractivity (Wildman–Crippen MR) is 102 cm³/mol. The molecule has 1 N–H and O–H groups in total. The number of hydrogen-bond donors (Lipinski definition) is 1. The summed E-state index contributed by atoms with van der Waals surface area (Å²) in [6.07, 6.45) is -0.540. The van der Waals surface area contributed by atoms with Gasteiger partial charge >= 0.3 is 5.69 Å². The molecular formula is C20H28N2O4. The normalized spacial score (nSPS) is 12.6. The lowest BCUT2D eigenvalue weighted by atomic mass is 9.94. The van der Waals surface area contributed by atoms with Crippen molar-refractivity contribution in [3.05, 3.63) is 67.0 Å². The van der Waals surface area contributed by atoms with Crippen LogP contribution in [-0.4, -0.2) is 23.3 Å². The minimum atomic E-state index is -0.540. The summed E-state index contributed by atoms with van der Waals surface area (Å²) in [5.41, 5.74) is 3.31.